The van der Waals surface area contributed by atoms with Gasteiger partial charge in [0.25, 0.3) is 0 Å². The van der Waals surface area contributed by atoms with Crippen LogP contribution >= 0.6 is 0 Å². The molecule has 3 N–H and O–H groups in total. The van der Waals surface area contributed by atoms with E-state index in [1.165, 1.54) is 0 Å². The van der Waals surface area contributed by atoms with Crippen LogP contribution in [0.3, 0.4) is 0 Å². The zero-order valence-corrected chi connectivity index (χ0v) is 12.4. The SMILES string of the molecule is COc1ccc(OC)c(C(O)CNCC2CCC(=O)N2)c1. The molecule has 116 valence electrons. The Balaban J connectivity index is 1.90. The average molecular weight is 294 g/mol. The molecule has 6 nitrogen and oxygen atoms in total. The molecule has 1 heterocycles. The van der Waals surface area contributed by atoms with E-state index >= 15 is 0 Å². The lowest BCUT2D eigenvalue weighted by Crippen LogP contribution is -2.37. The van der Waals surface area contributed by atoms with Gasteiger partial charge >= 0.3 is 0 Å². The molecule has 1 fully saturated rings. The zero-order chi connectivity index (χ0) is 15.2. The van der Waals surface area contributed by atoms with Gasteiger partial charge in [0.15, 0.2) is 0 Å². The number of ether oxygens (including phenoxy) is 2. The van der Waals surface area contributed by atoms with Crippen molar-refractivity contribution in [2.45, 2.75) is 25.0 Å². The molecule has 1 aromatic carbocycles. The Bertz CT molecular complexity index is 493. The van der Waals surface area contributed by atoms with E-state index in [-0.39, 0.29) is 11.9 Å². The number of aliphatic hydroxyl groups excluding tert-OH is 1. The van der Waals surface area contributed by atoms with Crippen molar-refractivity contribution in [3.05, 3.63) is 23.8 Å². The maximum atomic E-state index is 11.1. The second-order valence-electron chi connectivity index (χ2n) is 5.09. The summed E-state index contributed by atoms with van der Waals surface area (Å²) in [5.41, 5.74) is 0.680. The number of hydrogen-bond donors (Lipinski definition) is 3. The molecule has 0 aliphatic carbocycles. The molecular weight excluding hydrogens is 272 g/mol. The molecule has 0 spiro atoms. The normalized spacial score (nSPS) is 19.2. The second-order valence-corrected chi connectivity index (χ2v) is 5.09. The fraction of sp³-hybridized carbons (Fsp3) is 0.533. The third kappa shape index (κ3) is 4.09. The molecule has 0 radical (unpaired) electrons. The summed E-state index contributed by atoms with van der Waals surface area (Å²) in [6.45, 7) is 1.03. The first-order valence-corrected chi connectivity index (χ1v) is 7.04. The fourth-order valence-corrected chi connectivity index (χ4v) is 2.43. The van der Waals surface area contributed by atoms with Crippen LogP contribution in [0, 0.1) is 0 Å². The number of aliphatic hydroxyl groups is 1. The predicted molar refractivity (Wildman–Crippen MR) is 78.5 cm³/mol. The van der Waals surface area contributed by atoms with Gasteiger partial charge in [-0.1, -0.05) is 0 Å². The molecule has 2 unspecified atom stereocenters. The van der Waals surface area contributed by atoms with Gasteiger partial charge in [-0.2, -0.15) is 0 Å². The smallest absolute Gasteiger partial charge is 0.220 e. The van der Waals surface area contributed by atoms with Gasteiger partial charge in [-0.3, -0.25) is 4.79 Å². The van der Waals surface area contributed by atoms with Crippen LogP contribution in [0.15, 0.2) is 18.2 Å². The van der Waals surface area contributed by atoms with Gasteiger partial charge in [-0.05, 0) is 24.6 Å². The van der Waals surface area contributed by atoms with Crippen LogP contribution in [0.1, 0.15) is 24.5 Å². The van der Waals surface area contributed by atoms with Crippen LogP contribution in [-0.2, 0) is 4.79 Å². The summed E-state index contributed by atoms with van der Waals surface area (Å²) in [5, 5.41) is 16.3. The van der Waals surface area contributed by atoms with Crippen LogP contribution in [0.25, 0.3) is 0 Å². The first-order valence-electron chi connectivity index (χ1n) is 7.04. The molecule has 0 saturated carbocycles. The first-order chi connectivity index (χ1) is 10.1. The summed E-state index contributed by atoms with van der Waals surface area (Å²) in [4.78, 5) is 11.1. The van der Waals surface area contributed by atoms with Crippen LogP contribution in [0.5, 0.6) is 11.5 Å². The van der Waals surface area contributed by atoms with E-state index in [2.05, 4.69) is 10.6 Å². The number of hydrogen-bond acceptors (Lipinski definition) is 5. The largest absolute Gasteiger partial charge is 0.497 e. The standard InChI is InChI=1S/C15H22N2O4/c1-20-11-4-5-14(21-2)12(7-11)13(18)9-16-8-10-3-6-15(19)17-10/h4-5,7,10,13,16,18H,3,6,8-9H2,1-2H3,(H,17,19). The van der Waals surface area contributed by atoms with Crippen molar-refractivity contribution < 1.29 is 19.4 Å². The van der Waals surface area contributed by atoms with Crippen LogP contribution < -0.4 is 20.1 Å². The number of carbonyl (C=O) groups excluding carboxylic acids is 1. The summed E-state index contributed by atoms with van der Waals surface area (Å²) in [7, 11) is 3.15. The quantitative estimate of drug-likeness (QED) is 0.686. The Morgan fingerprint density at radius 3 is 2.86 bits per heavy atom. The minimum absolute atomic E-state index is 0.0943. The van der Waals surface area contributed by atoms with Crippen molar-refractivity contribution in [1.29, 1.82) is 0 Å². The fourth-order valence-electron chi connectivity index (χ4n) is 2.43. The van der Waals surface area contributed by atoms with E-state index in [0.29, 0.717) is 36.6 Å². The monoisotopic (exact) mass is 294 g/mol. The van der Waals surface area contributed by atoms with Crippen LogP contribution in [-0.4, -0.2) is 44.4 Å². The minimum atomic E-state index is -0.702. The number of amides is 1. The highest BCUT2D eigenvalue weighted by atomic mass is 16.5. The van der Waals surface area contributed by atoms with Crippen molar-refractivity contribution in [1.82, 2.24) is 10.6 Å². The second kappa shape index (κ2) is 7.28. The van der Waals surface area contributed by atoms with Gasteiger partial charge in [0.05, 0.1) is 20.3 Å². The van der Waals surface area contributed by atoms with Crippen molar-refractivity contribution in [3.8, 4) is 11.5 Å². The number of methoxy groups -OCH3 is 2. The van der Waals surface area contributed by atoms with Gasteiger partial charge in [0, 0.05) is 31.1 Å². The van der Waals surface area contributed by atoms with Gasteiger partial charge in [-0.15, -0.1) is 0 Å². The molecule has 2 atom stereocenters. The molecule has 6 heteroatoms. The highest BCUT2D eigenvalue weighted by Crippen LogP contribution is 2.29. The molecule has 2 rings (SSSR count). The molecule has 0 aromatic heterocycles. The molecule has 1 amide bonds. The van der Waals surface area contributed by atoms with E-state index in [1.54, 1.807) is 32.4 Å². The lowest BCUT2D eigenvalue weighted by atomic mass is 10.1. The molecule has 1 aliphatic rings. The lowest BCUT2D eigenvalue weighted by molar-refractivity contribution is -0.119. The third-order valence-corrected chi connectivity index (χ3v) is 3.61. The molecule has 1 aliphatic heterocycles. The van der Waals surface area contributed by atoms with Crippen LogP contribution in [0.2, 0.25) is 0 Å². The Kier molecular flexibility index (Phi) is 5.41. The number of carbonyl (C=O) groups is 1. The highest BCUT2D eigenvalue weighted by Gasteiger charge is 2.21. The van der Waals surface area contributed by atoms with E-state index in [9.17, 15) is 9.90 Å². The van der Waals surface area contributed by atoms with E-state index in [1.807, 2.05) is 0 Å². The average Bonchev–Trinajstić information content (AvgIpc) is 2.91. The molecule has 1 aromatic rings. The van der Waals surface area contributed by atoms with Crippen molar-refractivity contribution >= 4 is 5.91 Å². The molecule has 1 saturated heterocycles. The summed E-state index contributed by atoms with van der Waals surface area (Å²) >= 11 is 0. The first kappa shape index (κ1) is 15.6. The summed E-state index contributed by atoms with van der Waals surface area (Å²) in [6.07, 6.45) is 0.718. The van der Waals surface area contributed by atoms with Gasteiger partial charge in [0.1, 0.15) is 11.5 Å². The van der Waals surface area contributed by atoms with E-state index < -0.39 is 6.10 Å². The Morgan fingerprint density at radius 2 is 2.24 bits per heavy atom. The zero-order valence-electron chi connectivity index (χ0n) is 12.4. The molecule has 0 bridgehead atoms. The molecule has 21 heavy (non-hydrogen) atoms. The Labute approximate surface area is 124 Å². The third-order valence-electron chi connectivity index (χ3n) is 3.61. The maximum absolute atomic E-state index is 11.1. The van der Waals surface area contributed by atoms with Gasteiger partial charge < -0.3 is 25.2 Å². The molecular formula is C15H22N2O4. The highest BCUT2D eigenvalue weighted by molar-refractivity contribution is 5.78. The summed E-state index contributed by atoms with van der Waals surface area (Å²) in [6, 6.07) is 5.48. The minimum Gasteiger partial charge on any atom is -0.497 e. The van der Waals surface area contributed by atoms with E-state index in [0.717, 1.165) is 6.42 Å². The number of benzene rings is 1. The Morgan fingerprint density at radius 1 is 1.43 bits per heavy atom. The van der Waals surface area contributed by atoms with Crippen LogP contribution in [0.4, 0.5) is 0 Å². The lowest BCUT2D eigenvalue weighted by Gasteiger charge is -2.18. The summed E-state index contributed by atoms with van der Waals surface area (Å²) in [5.74, 6) is 1.39. The maximum Gasteiger partial charge on any atom is 0.220 e. The van der Waals surface area contributed by atoms with Crippen molar-refractivity contribution in [2.75, 3.05) is 27.3 Å². The van der Waals surface area contributed by atoms with Crippen molar-refractivity contribution in [2.24, 2.45) is 0 Å². The Hall–Kier alpha value is -1.79. The van der Waals surface area contributed by atoms with Gasteiger partial charge in [-0.25, -0.2) is 0 Å². The van der Waals surface area contributed by atoms with Gasteiger partial charge in [0.2, 0.25) is 5.91 Å². The number of rotatable bonds is 7. The number of nitrogens with one attached hydrogen (secondary N) is 2. The summed E-state index contributed by atoms with van der Waals surface area (Å²) < 4.78 is 10.4. The van der Waals surface area contributed by atoms with E-state index in [4.69, 9.17) is 9.47 Å². The topological polar surface area (TPSA) is 79.8 Å². The predicted octanol–water partition coefficient (Wildman–Crippen LogP) is 0.605. The van der Waals surface area contributed by atoms with Crippen molar-refractivity contribution in [3.63, 3.8) is 0 Å².